The highest BCUT2D eigenvalue weighted by Crippen LogP contribution is 2.22. The summed E-state index contributed by atoms with van der Waals surface area (Å²) in [4.78, 5) is 7.14. The number of nitrogens with zero attached hydrogens (tertiary/aromatic N) is 3. The average molecular weight is 277 g/mol. The highest BCUT2D eigenvalue weighted by Gasteiger charge is 2.11. The molecule has 0 amide bonds. The standard InChI is InChI=1S/C14H19N3OS/c1-16-13-5-3-2-4-12(13)15-14(16)19-11-8-17-6-9-18-10-7-17/h2-5H,6-11H2,1H3. The minimum Gasteiger partial charge on any atom is -0.379 e. The fraction of sp³-hybridized carbons (Fsp3) is 0.500. The van der Waals surface area contributed by atoms with Gasteiger partial charge in [-0.1, -0.05) is 23.9 Å². The first kappa shape index (κ1) is 13.0. The van der Waals surface area contributed by atoms with Crippen LogP contribution in [0.2, 0.25) is 0 Å². The van der Waals surface area contributed by atoms with Gasteiger partial charge in [-0.25, -0.2) is 4.98 Å². The highest BCUT2D eigenvalue weighted by atomic mass is 32.2. The Balaban J connectivity index is 1.60. The number of thioether (sulfide) groups is 1. The molecular weight excluding hydrogens is 258 g/mol. The summed E-state index contributed by atoms with van der Waals surface area (Å²) in [5, 5.41) is 1.11. The number of morpholine rings is 1. The fourth-order valence-corrected chi connectivity index (χ4v) is 3.33. The Kier molecular flexibility index (Phi) is 4.06. The molecule has 0 spiro atoms. The van der Waals surface area contributed by atoms with Crippen molar-refractivity contribution in [3.63, 3.8) is 0 Å². The number of aryl methyl sites for hydroxylation is 1. The molecule has 1 aliphatic rings. The molecule has 0 aliphatic carbocycles. The molecular formula is C14H19N3OS. The third-order valence-corrected chi connectivity index (χ3v) is 4.50. The number of imidazole rings is 1. The fourth-order valence-electron chi connectivity index (χ4n) is 2.34. The molecule has 4 nitrogen and oxygen atoms in total. The topological polar surface area (TPSA) is 30.3 Å². The largest absolute Gasteiger partial charge is 0.379 e. The van der Waals surface area contributed by atoms with Crippen LogP contribution in [-0.2, 0) is 11.8 Å². The first-order valence-electron chi connectivity index (χ1n) is 6.69. The number of fused-ring (bicyclic) bond motifs is 1. The maximum Gasteiger partial charge on any atom is 0.168 e. The van der Waals surface area contributed by atoms with Gasteiger partial charge in [0.2, 0.25) is 0 Å². The molecule has 1 fully saturated rings. The predicted molar refractivity (Wildman–Crippen MR) is 78.7 cm³/mol. The van der Waals surface area contributed by atoms with Crippen molar-refractivity contribution in [2.24, 2.45) is 7.05 Å². The normalized spacial score (nSPS) is 17.1. The van der Waals surface area contributed by atoms with Gasteiger partial charge in [-0.2, -0.15) is 0 Å². The molecule has 0 N–H and O–H groups in total. The van der Waals surface area contributed by atoms with Crippen molar-refractivity contribution in [1.82, 2.24) is 14.5 Å². The lowest BCUT2D eigenvalue weighted by molar-refractivity contribution is 0.0410. The van der Waals surface area contributed by atoms with Crippen LogP contribution in [0.3, 0.4) is 0 Å². The van der Waals surface area contributed by atoms with Crippen LogP contribution >= 0.6 is 11.8 Å². The van der Waals surface area contributed by atoms with E-state index in [2.05, 4.69) is 39.7 Å². The smallest absolute Gasteiger partial charge is 0.168 e. The summed E-state index contributed by atoms with van der Waals surface area (Å²) in [6.45, 7) is 4.97. The van der Waals surface area contributed by atoms with Gasteiger partial charge < -0.3 is 9.30 Å². The summed E-state index contributed by atoms with van der Waals surface area (Å²) in [5.74, 6) is 1.08. The number of hydrogen-bond acceptors (Lipinski definition) is 4. The Bertz CT molecular complexity index is 549. The second kappa shape index (κ2) is 5.94. The average Bonchev–Trinajstić information content (AvgIpc) is 2.78. The van der Waals surface area contributed by atoms with E-state index in [1.807, 2.05) is 17.8 Å². The number of rotatable bonds is 4. The van der Waals surface area contributed by atoms with Gasteiger partial charge in [-0.3, -0.25) is 4.90 Å². The van der Waals surface area contributed by atoms with Crippen molar-refractivity contribution in [1.29, 1.82) is 0 Å². The number of para-hydroxylation sites is 2. The Morgan fingerprint density at radius 1 is 1.26 bits per heavy atom. The molecule has 0 saturated carbocycles. The summed E-state index contributed by atoms with van der Waals surface area (Å²) in [5.41, 5.74) is 2.29. The molecule has 2 heterocycles. The van der Waals surface area contributed by atoms with Crippen LogP contribution in [0.5, 0.6) is 0 Å². The summed E-state index contributed by atoms with van der Waals surface area (Å²) in [7, 11) is 2.09. The molecule has 1 aliphatic heterocycles. The number of hydrogen-bond donors (Lipinski definition) is 0. The zero-order valence-electron chi connectivity index (χ0n) is 11.2. The molecule has 5 heteroatoms. The van der Waals surface area contributed by atoms with Gasteiger partial charge in [-0.05, 0) is 12.1 Å². The first-order valence-corrected chi connectivity index (χ1v) is 7.67. The van der Waals surface area contributed by atoms with Gasteiger partial charge in [0.1, 0.15) is 0 Å². The molecule has 102 valence electrons. The van der Waals surface area contributed by atoms with Crippen molar-refractivity contribution >= 4 is 22.8 Å². The number of benzene rings is 1. The van der Waals surface area contributed by atoms with Crippen molar-refractivity contribution in [3.8, 4) is 0 Å². The van der Waals surface area contributed by atoms with Crippen molar-refractivity contribution in [2.45, 2.75) is 5.16 Å². The van der Waals surface area contributed by atoms with Crippen LogP contribution in [0.25, 0.3) is 11.0 Å². The van der Waals surface area contributed by atoms with Crippen LogP contribution in [0.4, 0.5) is 0 Å². The van der Waals surface area contributed by atoms with Gasteiger partial charge >= 0.3 is 0 Å². The van der Waals surface area contributed by atoms with Crippen LogP contribution in [0, 0.1) is 0 Å². The van der Waals surface area contributed by atoms with Crippen molar-refractivity contribution in [2.75, 3.05) is 38.6 Å². The summed E-state index contributed by atoms with van der Waals surface area (Å²) in [6.07, 6.45) is 0. The third kappa shape index (κ3) is 2.94. The minimum absolute atomic E-state index is 0.872. The van der Waals surface area contributed by atoms with Gasteiger partial charge in [0, 0.05) is 32.4 Å². The quantitative estimate of drug-likeness (QED) is 0.800. The molecule has 1 aromatic carbocycles. The number of ether oxygens (including phenoxy) is 1. The van der Waals surface area contributed by atoms with E-state index < -0.39 is 0 Å². The molecule has 1 saturated heterocycles. The van der Waals surface area contributed by atoms with Crippen LogP contribution in [-0.4, -0.2) is 53.1 Å². The second-order valence-electron chi connectivity index (χ2n) is 4.74. The highest BCUT2D eigenvalue weighted by molar-refractivity contribution is 7.99. The first-order chi connectivity index (χ1) is 9.34. The zero-order valence-corrected chi connectivity index (χ0v) is 12.0. The molecule has 0 atom stereocenters. The Hall–Kier alpha value is -1.04. The van der Waals surface area contributed by atoms with Crippen LogP contribution in [0.15, 0.2) is 29.4 Å². The second-order valence-corrected chi connectivity index (χ2v) is 5.81. The van der Waals surface area contributed by atoms with Crippen molar-refractivity contribution in [3.05, 3.63) is 24.3 Å². The van der Waals surface area contributed by atoms with Gasteiger partial charge in [0.15, 0.2) is 5.16 Å². The van der Waals surface area contributed by atoms with E-state index >= 15 is 0 Å². The van der Waals surface area contributed by atoms with E-state index in [4.69, 9.17) is 4.74 Å². The van der Waals surface area contributed by atoms with E-state index in [1.54, 1.807) is 0 Å². The lowest BCUT2D eigenvalue weighted by atomic mass is 10.3. The maximum atomic E-state index is 5.36. The molecule has 0 unspecified atom stereocenters. The van der Waals surface area contributed by atoms with E-state index in [-0.39, 0.29) is 0 Å². The summed E-state index contributed by atoms with van der Waals surface area (Å²) < 4.78 is 7.54. The van der Waals surface area contributed by atoms with Gasteiger partial charge in [0.05, 0.1) is 24.2 Å². The SMILES string of the molecule is Cn1c(SCCN2CCOCC2)nc2ccccc21. The molecule has 3 rings (SSSR count). The third-order valence-electron chi connectivity index (χ3n) is 3.49. The molecule has 1 aromatic heterocycles. The molecule has 2 aromatic rings. The van der Waals surface area contributed by atoms with E-state index in [9.17, 15) is 0 Å². The van der Waals surface area contributed by atoms with Crippen LogP contribution < -0.4 is 0 Å². The minimum atomic E-state index is 0.872. The Labute approximate surface area is 117 Å². The van der Waals surface area contributed by atoms with E-state index in [1.165, 1.54) is 5.52 Å². The predicted octanol–water partition coefficient (Wildman–Crippen LogP) is 2.00. The molecule has 0 bridgehead atoms. The summed E-state index contributed by atoms with van der Waals surface area (Å²) >= 11 is 1.84. The van der Waals surface area contributed by atoms with Crippen LogP contribution in [0.1, 0.15) is 0 Å². The van der Waals surface area contributed by atoms with E-state index in [0.717, 1.165) is 49.3 Å². The van der Waals surface area contributed by atoms with Gasteiger partial charge in [0.25, 0.3) is 0 Å². The number of aromatic nitrogens is 2. The summed E-state index contributed by atoms with van der Waals surface area (Å²) in [6, 6.07) is 8.29. The molecule has 0 radical (unpaired) electrons. The Morgan fingerprint density at radius 3 is 2.84 bits per heavy atom. The van der Waals surface area contributed by atoms with E-state index in [0.29, 0.717) is 0 Å². The van der Waals surface area contributed by atoms with Crippen molar-refractivity contribution < 1.29 is 4.74 Å². The lowest BCUT2D eigenvalue weighted by Gasteiger charge is -2.26. The Morgan fingerprint density at radius 2 is 2.05 bits per heavy atom. The maximum absolute atomic E-state index is 5.36. The lowest BCUT2D eigenvalue weighted by Crippen LogP contribution is -2.37. The monoisotopic (exact) mass is 277 g/mol. The molecule has 19 heavy (non-hydrogen) atoms. The van der Waals surface area contributed by atoms with Gasteiger partial charge in [-0.15, -0.1) is 0 Å². The zero-order chi connectivity index (χ0) is 13.1.